The maximum absolute atomic E-state index is 13.0. The Morgan fingerprint density at radius 2 is 2.05 bits per heavy atom. The van der Waals surface area contributed by atoms with Gasteiger partial charge in [0.05, 0.1) is 5.92 Å². The Morgan fingerprint density at radius 3 is 2.58 bits per heavy atom. The first-order valence-corrected chi connectivity index (χ1v) is 6.18. The molecule has 1 amide bonds. The third-order valence-corrected chi connectivity index (χ3v) is 3.71. The summed E-state index contributed by atoms with van der Waals surface area (Å²) in [4.78, 5) is 24.6. The van der Waals surface area contributed by atoms with Crippen molar-refractivity contribution in [2.24, 2.45) is 11.8 Å². The molecule has 1 N–H and O–H groups in total. The molecule has 1 unspecified atom stereocenters. The normalized spacial score (nSPS) is 16.9. The van der Waals surface area contributed by atoms with Gasteiger partial charge in [0.15, 0.2) is 0 Å². The van der Waals surface area contributed by atoms with Crippen molar-refractivity contribution in [3.8, 4) is 0 Å². The maximum Gasteiger partial charge on any atom is 0.306 e. The lowest BCUT2D eigenvalue weighted by molar-refractivity contribution is -0.144. The van der Waals surface area contributed by atoms with E-state index >= 15 is 0 Å². The minimum Gasteiger partial charge on any atom is -0.481 e. The summed E-state index contributed by atoms with van der Waals surface area (Å²) in [5.41, 5.74) is 1.07. The van der Waals surface area contributed by atoms with Crippen LogP contribution in [0.25, 0.3) is 0 Å². The van der Waals surface area contributed by atoms with Crippen molar-refractivity contribution in [2.75, 3.05) is 13.1 Å². The standard InChI is InChI=1S/C14H16FNO3/c1-8-5-11(15)3-4-12(8)13(17)16-6-10(7-16)9(2)14(18)19/h3-5,9-10H,6-7H2,1-2H3,(H,18,19). The Morgan fingerprint density at radius 1 is 1.42 bits per heavy atom. The fraction of sp³-hybridized carbons (Fsp3) is 0.429. The summed E-state index contributed by atoms with van der Waals surface area (Å²) in [6.45, 7) is 4.23. The largest absolute Gasteiger partial charge is 0.481 e. The third-order valence-electron chi connectivity index (χ3n) is 3.71. The number of aliphatic carboxylic acids is 1. The van der Waals surface area contributed by atoms with Crippen LogP contribution in [0.15, 0.2) is 18.2 Å². The molecule has 0 bridgehead atoms. The van der Waals surface area contributed by atoms with Gasteiger partial charge in [-0.1, -0.05) is 6.92 Å². The molecular weight excluding hydrogens is 249 g/mol. The van der Waals surface area contributed by atoms with Crippen LogP contribution in [0, 0.1) is 24.6 Å². The molecule has 1 fully saturated rings. The summed E-state index contributed by atoms with van der Waals surface area (Å²) in [6.07, 6.45) is 0. The summed E-state index contributed by atoms with van der Waals surface area (Å²) >= 11 is 0. The molecule has 1 heterocycles. The van der Waals surface area contributed by atoms with E-state index in [9.17, 15) is 14.0 Å². The first kappa shape index (κ1) is 13.5. The van der Waals surface area contributed by atoms with E-state index in [1.165, 1.54) is 18.2 Å². The molecule has 0 saturated carbocycles. The topological polar surface area (TPSA) is 57.6 Å². The van der Waals surface area contributed by atoms with Crippen LogP contribution in [0.2, 0.25) is 0 Å². The Kier molecular flexibility index (Phi) is 3.55. The zero-order chi connectivity index (χ0) is 14.2. The van der Waals surface area contributed by atoms with Crippen molar-refractivity contribution in [1.82, 2.24) is 4.90 Å². The molecule has 1 aromatic rings. The third kappa shape index (κ3) is 2.59. The average molecular weight is 265 g/mol. The highest BCUT2D eigenvalue weighted by molar-refractivity contribution is 5.96. The zero-order valence-electron chi connectivity index (χ0n) is 10.9. The van der Waals surface area contributed by atoms with Crippen molar-refractivity contribution < 1.29 is 19.1 Å². The highest BCUT2D eigenvalue weighted by atomic mass is 19.1. The van der Waals surface area contributed by atoms with Crippen LogP contribution < -0.4 is 0 Å². The van der Waals surface area contributed by atoms with E-state index in [2.05, 4.69) is 0 Å². The number of likely N-dealkylation sites (tertiary alicyclic amines) is 1. The first-order chi connectivity index (χ1) is 8.90. The molecule has 1 aliphatic rings. The van der Waals surface area contributed by atoms with Crippen molar-refractivity contribution in [3.05, 3.63) is 35.1 Å². The van der Waals surface area contributed by atoms with Crippen LogP contribution in [0.5, 0.6) is 0 Å². The van der Waals surface area contributed by atoms with Gasteiger partial charge >= 0.3 is 5.97 Å². The van der Waals surface area contributed by atoms with Crippen molar-refractivity contribution in [3.63, 3.8) is 0 Å². The fourth-order valence-electron chi connectivity index (χ4n) is 2.23. The number of hydrogen-bond donors (Lipinski definition) is 1. The number of aryl methyl sites for hydroxylation is 1. The lowest BCUT2D eigenvalue weighted by Crippen LogP contribution is -2.53. The molecule has 1 atom stereocenters. The van der Waals surface area contributed by atoms with Crippen LogP contribution in [-0.2, 0) is 4.79 Å². The second-order valence-corrected chi connectivity index (χ2v) is 5.06. The van der Waals surface area contributed by atoms with Crippen LogP contribution >= 0.6 is 0 Å². The molecular formula is C14H16FNO3. The van der Waals surface area contributed by atoms with Gasteiger partial charge in [0.25, 0.3) is 5.91 Å². The van der Waals surface area contributed by atoms with E-state index < -0.39 is 11.9 Å². The zero-order valence-corrected chi connectivity index (χ0v) is 10.9. The lowest BCUT2D eigenvalue weighted by Gasteiger charge is -2.41. The molecule has 2 rings (SSSR count). The number of hydrogen-bond acceptors (Lipinski definition) is 2. The minimum atomic E-state index is -0.838. The molecule has 0 aromatic heterocycles. The molecule has 1 saturated heterocycles. The lowest BCUT2D eigenvalue weighted by atomic mass is 9.86. The monoisotopic (exact) mass is 265 g/mol. The molecule has 102 valence electrons. The Balaban J connectivity index is 2.02. The van der Waals surface area contributed by atoms with E-state index in [1.807, 2.05) is 0 Å². The van der Waals surface area contributed by atoms with Gasteiger partial charge in [-0.05, 0) is 30.7 Å². The van der Waals surface area contributed by atoms with Crippen molar-refractivity contribution in [1.29, 1.82) is 0 Å². The van der Waals surface area contributed by atoms with Gasteiger partial charge in [-0.25, -0.2) is 4.39 Å². The van der Waals surface area contributed by atoms with E-state index in [1.54, 1.807) is 18.7 Å². The Bertz CT molecular complexity index is 523. The molecule has 1 aliphatic heterocycles. The smallest absolute Gasteiger partial charge is 0.306 e. The van der Waals surface area contributed by atoms with Gasteiger partial charge in [-0.3, -0.25) is 9.59 Å². The average Bonchev–Trinajstić information content (AvgIpc) is 2.26. The molecule has 0 aliphatic carbocycles. The molecule has 5 heteroatoms. The van der Waals surface area contributed by atoms with Gasteiger partial charge in [0, 0.05) is 24.6 Å². The highest BCUT2D eigenvalue weighted by Crippen LogP contribution is 2.26. The number of carboxylic acid groups (broad SMARTS) is 1. The molecule has 0 radical (unpaired) electrons. The van der Waals surface area contributed by atoms with E-state index in [0.29, 0.717) is 24.2 Å². The van der Waals surface area contributed by atoms with E-state index in [0.717, 1.165) is 0 Å². The van der Waals surface area contributed by atoms with E-state index in [4.69, 9.17) is 5.11 Å². The van der Waals surface area contributed by atoms with E-state index in [-0.39, 0.29) is 17.6 Å². The number of halogens is 1. The van der Waals surface area contributed by atoms with Crippen molar-refractivity contribution in [2.45, 2.75) is 13.8 Å². The molecule has 1 aromatic carbocycles. The second-order valence-electron chi connectivity index (χ2n) is 5.06. The number of carbonyl (C=O) groups excluding carboxylic acids is 1. The van der Waals surface area contributed by atoms with Crippen molar-refractivity contribution >= 4 is 11.9 Å². The number of carbonyl (C=O) groups is 2. The van der Waals surface area contributed by atoms with Crippen LogP contribution in [0.4, 0.5) is 4.39 Å². The van der Waals surface area contributed by atoms with Crippen LogP contribution in [0.3, 0.4) is 0 Å². The highest BCUT2D eigenvalue weighted by Gasteiger charge is 2.37. The van der Waals surface area contributed by atoms with Crippen LogP contribution in [0.1, 0.15) is 22.8 Å². The molecule has 4 nitrogen and oxygen atoms in total. The number of rotatable bonds is 3. The predicted octanol–water partition coefficient (Wildman–Crippen LogP) is 1.93. The summed E-state index contributed by atoms with van der Waals surface area (Å²) in [7, 11) is 0. The fourth-order valence-corrected chi connectivity index (χ4v) is 2.23. The summed E-state index contributed by atoms with van der Waals surface area (Å²) in [5.74, 6) is -1.81. The molecule has 0 spiro atoms. The Labute approximate surface area is 110 Å². The van der Waals surface area contributed by atoms with Gasteiger partial charge < -0.3 is 10.0 Å². The van der Waals surface area contributed by atoms with Gasteiger partial charge in [-0.2, -0.15) is 0 Å². The first-order valence-electron chi connectivity index (χ1n) is 6.18. The Hall–Kier alpha value is -1.91. The summed E-state index contributed by atoms with van der Waals surface area (Å²) in [6, 6.07) is 4.06. The van der Waals surface area contributed by atoms with Crippen LogP contribution in [-0.4, -0.2) is 35.0 Å². The quantitative estimate of drug-likeness (QED) is 0.908. The summed E-state index contributed by atoms with van der Waals surface area (Å²) < 4.78 is 13.0. The van der Waals surface area contributed by atoms with Gasteiger partial charge in [-0.15, -0.1) is 0 Å². The molecule has 19 heavy (non-hydrogen) atoms. The predicted molar refractivity (Wildman–Crippen MR) is 67.3 cm³/mol. The number of benzene rings is 1. The number of nitrogens with zero attached hydrogens (tertiary/aromatic N) is 1. The number of carboxylic acids is 1. The van der Waals surface area contributed by atoms with Gasteiger partial charge in [0.2, 0.25) is 0 Å². The van der Waals surface area contributed by atoms with Gasteiger partial charge in [0.1, 0.15) is 5.82 Å². The summed E-state index contributed by atoms with van der Waals surface area (Å²) in [5, 5.41) is 8.89. The second kappa shape index (κ2) is 4.99. The number of amides is 1. The SMILES string of the molecule is Cc1cc(F)ccc1C(=O)N1CC(C(C)C(=O)O)C1. The minimum absolute atomic E-state index is 0.00204. The maximum atomic E-state index is 13.0.